The first-order valence-corrected chi connectivity index (χ1v) is 34.3. The lowest BCUT2D eigenvalue weighted by atomic mass is 10.0. The van der Waals surface area contributed by atoms with Gasteiger partial charge in [-0.15, -0.1) is 0 Å². The Bertz CT molecular complexity index is 1800. The number of esters is 3. The zero-order valence-electron chi connectivity index (χ0n) is 53.9. The maximum atomic E-state index is 13.0. The van der Waals surface area contributed by atoms with Gasteiger partial charge < -0.3 is 14.2 Å². The number of carbonyl (C=O) groups excluding carboxylic acids is 3. The van der Waals surface area contributed by atoms with Crippen molar-refractivity contribution in [3.8, 4) is 0 Å². The molecule has 0 rings (SSSR count). The molecule has 0 aromatic heterocycles. The van der Waals surface area contributed by atoms with Gasteiger partial charge in [0.25, 0.3) is 0 Å². The second-order valence-electron chi connectivity index (χ2n) is 22.3. The first-order chi connectivity index (χ1) is 41.0. The van der Waals surface area contributed by atoms with Crippen LogP contribution in [0.3, 0.4) is 0 Å². The van der Waals surface area contributed by atoms with Crippen LogP contribution in [0.25, 0.3) is 0 Å². The minimum atomic E-state index is -0.805. The molecule has 0 aliphatic rings. The van der Waals surface area contributed by atoms with Gasteiger partial charge in [0.2, 0.25) is 0 Å². The number of hydrogen-bond acceptors (Lipinski definition) is 6. The van der Waals surface area contributed by atoms with Crippen molar-refractivity contribution in [3.05, 3.63) is 146 Å². The number of rotatable bonds is 61. The Labute approximate surface area is 512 Å². The summed E-state index contributed by atoms with van der Waals surface area (Å²) in [5.74, 6) is -0.939. The molecule has 6 heteroatoms. The lowest BCUT2D eigenvalue weighted by Gasteiger charge is -2.18. The van der Waals surface area contributed by atoms with Gasteiger partial charge in [-0.25, -0.2) is 0 Å². The number of carbonyl (C=O) groups is 3. The molecule has 0 aliphatic carbocycles. The van der Waals surface area contributed by atoms with Crippen LogP contribution in [-0.4, -0.2) is 37.2 Å². The quantitative estimate of drug-likeness (QED) is 0.0261. The monoisotopic (exact) mass is 1150 g/mol. The summed E-state index contributed by atoms with van der Waals surface area (Å²) in [6.07, 6.45) is 100. The second-order valence-corrected chi connectivity index (χ2v) is 22.3. The van der Waals surface area contributed by atoms with Crippen LogP contribution in [0.15, 0.2) is 146 Å². The van der Waals surface area contributed by atoms with E-state index in [9.17, 15) is 14.4 Å². The van der Waals surface area contributed by atoms with E-state index in [-0.39, 0.29) is 31.1 Å². The standard InChI is InChI=1S/C77H126O6/c1-4-7-10-13-16-19-22-25-28-30-32-34-36-37-38-39-41-42-44-46-49-52-55-58-61-64-67-70-76(79)82-73-74(72-81-75(78)69-66-63-60-57-54-51-48-27-24-21-18-15-12-9-6-3)83-77(80)71-68-65-62-59-56-53-50-47-45-43-40-35-33-31-29-26-23-20-17-14-11-8-5-2/h7-12,16-21,25-29,32-35,48,54,57,74H,4-6,13-15,22-24,30-31,36-47,49-53,55-56,58-73H2,1-3H3/b10-7-,11-8-,12-9-,19-16-,20-17-,21-18-,28-25-,29-26-,34-32-,35-33-,48-27-,57-54-. The minimum Gasteiger partial charge on any atom is -0.462 e. The summed E-state index contributed by atoms with van der Waals surface area (Å²) in [5.41, 5.74) is 0. The zero-order chi connectivity index (χ0) is 59.9. The van der Waals surface area contributed by atoms with E-state index < -0.39 is 6.10 Å². The molecule has 0 fully saturated rings. The Morgan fingerprint density at radius 2 is 0.434 bits per heavy atom. The van der Waals surface area contributed by atoms with E-state index in [0.29, 0.717) is 19.3 Å². The average molecular weight is 1150 g/mol. The van der Waals surface area contributed by atoms with E-state index >= 15 is 0 Å². The molecule has 1 unspecified atom stereocenters. The SMILES string of the molecule is CC/C=C\C/C=C\C/C=C\C/C=C\CCCCCCCCCCCCCCCCC(=O)OCC(COC(=O)CCCC/C=C\C/C=C\C/C=C\C/C=C\CC)OC(=O)CCCCCCCCCCCC/C=C\C/C=C\C/C=C\C/C=C\CC. The predicted molar refractivity (Wildman–Crippen MR) is 362 cm³/mol. The van der Waals surface area contributed by atoms with E-state index in [4.69, 9.17) is 14.2 Å². The number of hydrogen-bond donors (Lipinski definition) is 0. The minimum absolute atomic E-state index is 0.0964. The third-order valence-corrected chi connectivity index (χ3v) is 14.3. The van der Waals surface area contributed by atoms with Crippen LogP contribution in [0.2, 0.25) is 0 Å². The summed E-state index contributed by atoms with van der Waals surface area (Å²) >= 11 is 0. The molecule has 6 nitrogen and oxygen atoms in total. The normalized spacial score (nSPS) is 13.0. The van der Waals surface area contributed by atoms with Crippen LogP contribution in [0.4, 0.5) is 0 Å². The van der Waals surface area contributed by atoms with Gasteiger partial charge in [0.15, 0.2) is 6.10 Å². The van der Waals surface area contributed by atoms with Crippen molar-refractivity contribution in [1.82, 2.24) is 0 Å². The van der Waals surface area contributed by atoms with Crippen molar-refractivity contribution in [1.29, 1.82) is 0 Å². The van der Waals surface area contributed by atoms with Crippen LogP contribution in [-0.2, 0) is 28.6 Å². The molecular weight excluding hydrogens is 1020 g/mol. The van der Waals surface area contributed by atoms with E-state index in [1.54, 1.807) is 0 Å². The molecule has 0 radical (unpaired) electrons. The summed E-state index contributed by atoms with van der Waals surface area (Å²) in [6.45, 7) is 6.28. The van der Waals surface area contributed by atoms with Crippen molar-refractivity contribution in [3.63, 3.8) is 0 Å². The summed E-state index contributed by atoms with van der Waals surface area (Å²) in [6, 6.07) is 0. The topological polar surface area (TPSA) is 78.9 Å². The summed E-state index contributed by atoms with van der Waals surface area (Å²) < 4.78 is 16.9. The van der Waals surface area contributed by atoms with Crippen molar-refractivity contribution in [2.45, 2.75) is 309 Å². The molecule has 470 valence electrons. The Hall–Kier alpha value is -4.71. The molecule has 0 bridgehead atoms. The van der Waals surface area contributed by atoms with Crippen LogP contribution >= 0.6 is 0 Å². The van der Waals surface area contributed by atoms with Gasteiger partial charge in [0.05, 0.1) is 0 Å². The van der Waals surface area contributed by atoms with E-state index in [0.717, 1.165) is 135 Å². The van der Waals surface area contributed by atoms with E-state index in [1.165, 1.54) is 128 Å². The highest BCUT2D eigenvalue weighted by atomic mass is 16.6. The van der Waals surface area contributed by atoms with Crippen LogP contribution in [0, 0.1) is 0 Å². The summed E-state index contributed by atoms with van der Waals surface area (Å²) in [5, 5.41) is 0. The predicted octanol–water partition coefficient (Wildman–Crippen LogP) is 23.9. The van der Waals surface area contributed by atoms with Gasteiger partial charge in [0.1, 0.15) is 13.2 Å². The second kappa shape index (κ2) is 69.8. The fraction of sp³-hybridized carbons (Fsp3) is 0.649. The number of allylic oxidation sites excluding steroid dienone is 24. The highest BCUT2D eigenvalue weighted by molar-refractivity contribution is 5.71. The maximum Gasteiger partial charge on any atom is 0.306 e. The maximum absolute atomic E-state index is 13.0. The van der Waals surface area contributed by atoms with Crippen molar-refractivity contribution in [2.75, 3.05) is 13.2 Å². The number of unbranched alkanes of at least 4 members (excludes halogenated alkanes) is 26. The van der Waals surface area contributed by atoms with Crippen molar-refractivity contribution >= 4 is 17.9 Å². The lowest BCUT2D eigenvalue weighted by Crippen LogP contribution is -2.30. The van der Waals surface area contributed by atoms with Gasteiger partial charge in [-0.05, 0) is 135 Å². The van der Waals surface area contributed by atoms with Gasteiger partial charge in [0, 0.05) is 19.3 Å². The Kier molecular flexibility index (Phi) is 65.8. The van der Waals surface area contributed by atoms with Gasteiger partial charge in [-0.2, -0.15) is 0 Å². The first-order valence-electron chi connectivity index (χ1n) is 34.3. The van der Waals surface area contributed by atoms with E-state index in [1.807, 2.05) is 0 Å². The molecule has 0 heterocycles. The molecular formula is C77H126O6. The molecule has 0 aliphatic heterocycles. The largest absolute Gasteiger partial charge is 0.462 e. The van der Waals surface area contributed by atoms with Crippen molar-refractivity contribution in [2.24, 2.45) is 0 Å². The van der Waals surface area contributed by atoms with Crippen LogP contribution < -0.4 is 0 Å². The molecule has 0 aromatic rings. The molecule has 83 heavy (non-hydrogen) atoms. The Morgan fingerprint density at radius 1 is 0.241 bits per heavy atom. The highest BCUT2D eigenvalue weighted by Gasteiger charge is 2.19. The summed E-state index contributed by atoms with van der Waals surface area (Å²) in [7, 11) is 0. The number of ether oxygens (including phenoxy) is 3. The van der Waals surface area contributed by atoms with Gasteiger partial charge >= 0.3 is 17.9 Å². The average Bonchev–Trinajstić information content (AvgIpc) is 3.49. The summed E-state index contributed by atoms with van der Waals surface area (Å²) in [4.78, 5) is 38.4. The van der Waals surface area contributed by atoms with Crippen LogP contribution in [0.1, 0.15) is 303 Å². The fourth-order valence-corrected chi connectivity index (χ4v) is 9.30. The molecule has 0 N–H and O–H groups in total. The van der Waals surface area contributed by atoms with Gasteiger partial charge in [-0.1, -0.05) is 295 Å². The molecule has 0 aromatic carbocycles. The van der Waals surface area contributed by atoms with Crippen molar-refractivity contribution < 1.29 is 28.6 Å². The third kappa shape index (κ3) is 68.0. The molecule has 0 spiro atoms. The smallest absolute Gasteiger partial charge is 0.306 e. The zero-order valence-corrected chi connectivity index (χ0v) is 53.9. The van der Waals surface area contributed by atoms with E-state index in [2.05, 4.69) is 167 Å². The Morgan fingerprint density at radius 3 is 0.699 bits per heavy atom. The highest BCUT2D eigenvalue weighted by Crippen LogP contribution is 2.16. The molecule has 1 atom stereocenters. The molecule has 0 amide bonds. The fourth-order valence-electron chi connectivity index (χ4n) is 9.30. The third-order valence-electron chi connectivity index (χ3n) is 14.3. The molecule has 0 saturated carbocycles. The first kappa shape index (κ1) is 78.3. The lowest BCUT2D eigenvalue weighted by molar-refractivity contribution is -0.167. The van der Waals surface area contributed by atoms with Gasteiger partial charge in [-0.3, -0.25) is 14.4 Å². The molecule has 0 saturated heterocycles. The van der Waals surface area contributed by atoms with Crippen LogP contribution in [0.5, 0.6) is 0 Å². The Balaban J connectivity index is 4.36.